The average Bonchev–Trinajstić information content (AvgIpc) is 2.23. The smallest absolute Gasteiger partial charge is 0.147 e. The summed E-state index contributed by atoms with van der Waals surface area (Å²) >= 11 is 9.36. The minimum absolute atomic E-state index is 0.495. The fraction of sp³-hybridized carbons (Fsp3) is 0.600. The molecule has 1 heterocycles. The summed E-state index contributed by atoms with van der Waals surface area (Å²) in [5, 5.41) is 0.495. The lowest BCUT2D eigenvalue weighted by molar-refractivity contribution is 0.194. The molecule has 0 spiro atoms. The Morgan fingerprint density at radius 1 is 1.40 bits per heavy atom. The number of hydrogen-bond donors (Lipinski definition) is 0. The van der Waals surface area contributed by atoms with Crippen molar-refractivity contribution in [3.63, 3.8) is 0 Å². The normalized spacial score (nSPS) is 10.7. The minimum atomic E-state index is 0.495. The van der Waals surface area contributed by atoms with E-state index in [1.54, 1.807) is 7.11 Å². The highest BCUT2D eigenvalue weighted by Crippen LogP contribution is 2.23. The maximum absolute atomic E-state index is 5.98. The zero-order valence-corrected chi connectivity index (χ0v) is 11.2. The lowest BCUT2D eigenvalue weighted by Gasteiger charge is -2.06. The van der Waals surface area contributed by atoms with Gasteiger partial charge in [0.15, 0.2) is 0 Å². The van der Waals surface area contributed by atoms with Crippen LogP contribution in [0.1, 0.15) is 24.9 Å². The van der Waals surface area contributed by atoms with Crippen molar-refractivity contribution >= 4 is 27.5 Å². The number of hydrogen-bond acceptors (Lipinski definition) is 3. The summed E-state index contributed by atoms with van der Waals surface area (Å²) in [4.78, 5) is 8.63. The van der Waals surface area contributed by atoms with Gasteiger partial charge in [0.1, 0.15) is 11.0 Å². The summed E-state index contributed by atoms with van der Waals surface area (Å²) in [6, 6.07) is 0. The van der Waals surface area contributed by atoms with Crippen LogP contribution in [0.5, 0.6) is 0 Å². The van der Waals surface area contributed by atoms with Crippen LogP contribution in [0, 0.1) is 0 Å². The molecule has 1 rings (SSSR count). The Hall–Kier alpha value is -0.190. The molecule has 0 atom stereocenters. The van der Waals surface area contributed by atoms with Gasteiger partial charge in [0.2, 0.25) is 0 Å². The third-order valence-electron chi connectivity index (χ3n) is 2.01. The van der Waals surface area contributed by atoms with E-state index in [0.29, 0.717) is 5.15 Å². The lowest BCUT2D eigenvalue weighted by atomic mass is 10.3. The molecule has 0 saturated heterocycles. The Labute approximate surface area is 103 Å². The van der Waals surface area contributed by atoms with Crippen molar-refractivity contribution in [2.24, 2.45) is 0 Å². The van der Waals surface area contributed by atoms with Crippen molar-refractivity contribution in [2.45, 2.75) is 26.2 Å². The maximum atomic E-state index is 5.98. The molecule has 0 bridgehead atoms. The molecule has 5 heteroatoms. The number of ether oxygens (including phenoxy) is 1. The van der Waals surface area contributed by atoms with Gasteiger partial charge in [0.05, 0.1) is 10.2 Å². The van der Waals surface area contributed by atoms with Gasteiger partial charge in [0.25, 0.3) is 0 Å². The molecule has 0 aliphatic carbocycles. The molecule has 0 N–H and O–H groups in total. The lowest BCUT2D eigenvalue weighted by Crippen LogP contribution is -2.03. The zero-order valence-electron chi connectivity index (χ0n) is 8.89. The monoisotopic (exact) mass is 292 g/mol. The van der Waals surface area contributed by atoms with Gasteiger partial charge in [0, 0.05) is 20.1 Å². The Morgan fingerprint density at radius 2 is 2.13 bits per heavy atom. The highest BCUT2D eigenvalue weighted by molar-refractivity contribution is 9.10. The molecule has 1 aromatic heterocycles. The molecule has 0 unspecified atom stereocenters. The van der Waals surface area contributed by atoms with E-state index in [-0.39, 0.29) is 0 Å². The first-order valence-electron chi connectivity index (χ1n) is 4.88. The predicted molar refractivity (Wildman–Crippen MR) is 64.3 cm³/mol. The highest BCUT2D eigenvalue weighted by Gasteiger charge is 2.08. The molecule has 0 radical (unpaired) electrons. The molecule has 0 fully saturated rings. The molecule has 0 aliphatic heterocycles. The number of aromatic nitrogens is 2. The Morgan fingerprint density at radius 3 is 2.73 bits per heavy atom. The number of halogens is 2. The molecule has 0 amide bonds. The second-order valence-electron chi connectivity index (χ2n) is 3.14. The molecule has 15 heavy (non-hydrogen) atoms. The molecule has 0 aromatic carbocycles. The summed E-state index contributed by atoms with van der Waals surface area (Å²) in [7, 11) is 1.69. The van der Waals surface area contributed by atoms with E-state index in [0.717, 1.165) is 41.9 Å². The Balaban J connectivity index is 2.77. The van der Waals surface area contributed by atoms with Crippen LogP contribution < -0.4 is 0 Å². The molecule has 84 valence electrons. The quantitative estimate of drug-likeness (QED) is 0.618. The number of methoxy groups -OCH3 is 1. The molecule has 3 nitrogen and oxygen atoms in total. The summed E-state index contributed by atoms with van der Waals surface area (Å²) in [6.45, 7) is 2.76. The first-order chi connectivity index (χ1) is 7.19. The van der Waals surface area contributed by atoms with Gasteiger partial charge in [-0.25, -0.2) is 9.97 Å². The minimum Gasteiger partial charge on any atom is -0.385 e. The third kappa shape index (κ3) is 3.70. The van der Waals surface area contributed by atoms with Crippen LogP contribution in [-0.2, 0) is 17.6 Å². The zero-order chi connectivity index (χ0) is 11.3. The topological polar surface area (TPSA) is 35.0 Å². The van der Waals surface area contributed by atoms with Gasteiger partial charge in [-0.05, 0) is 28.8 Å². The second-order valence-corrected chi connectivity index (χ2v) is 4.29. The maximum Gasteiger partial charge on any atom is 0.147 e. The molecule has 1 aromatic rings. The Kier molecular flexibility index (Phi) is 5.50. The first kappa shape index (κ1) is 12.9. The molecular weight excluding hydrogens is 279 g/mol. The van der Waals surface area contributed by atoms with Gasteiger partial charge in [-0.1, -0.05) is 18.5 Å². The average molecular weight is 294 g/mol. The van der Waals surface area contributed by atoms with Crippen molar-refractivity contribution in [1.82, 2.24) is 9.97 Å². The van der Waals surface area contributed by atoms with Crippen LogP contribution in [0.2, 0.25) is 5.15 Å². The van der Waals surface area contributed by atoms with E-state index in [4.69, 9.17) is 16.3 Å². The number of aryl methyl sites for hydroxylation is 2. The van der Waals surface area contributed by atoms with E-state index in [1.807, 2.05) is 6.92 Å². The van der Waals surface area contributed by atoms with E-state index in [2.05, 4.69) is 25.9 Å². The molecular formula is C10H14BrClN2O. The van der Waals surface area contributed by atoms with Gasteiger partial charge >= 0.3 is 0 Å². The van der Waals surface area contributed by atoms with Gasteiger partial charge < -0.3 is 4.74 Å². The van der Waals surface area contributed by atoms with Gasteiger partial charge in [-0.15, -0.1) is 0 Å². The van der Waals surface area contributed by atoms with Gasteiger partial charge in [-0.3, -0.25) is 0 Å². The standard InChI is InChI=1S/C10H14BrClN2O/c1-3-7-9(11)10(12)14-8(13-7)5-4-6-15-2/h3-6H2,1-2H3. The van der Waals surface area contributed by atoms with Crippen LogP contribution in [0.15, 0.2) is 4.47 Å². The highest BCUT2D eigenvalue weighted by atomic mass is 79.9. The van der Waals surface area contributed by atoms with Gasteiger partial charge in [-0.2, -0.15) is 0 Å². The fourth-order valence-electron chi connectivity index (χ4n) is 1.23. The van der Waals surface area contributed by atoms with Crippen LogP contribution in [-0.4, -0.2) is 23.7 Å². The summed E-state index contributed by atoms with van der Waals surface area (Å²) < 4.78 is 5.78. The van der Waals surface area contributed by atoms with Crippen LogP contribution in [0.3, 0.4) is 0 Å². The molecule has 0 aliphatic rings. The third-order valence-corrected chi connectivity index (χ3v) is 3.34. The summed E-state index contributed by atoms with van der Waals surface area (Å²) in [6.07, 6.45) is 2.56. The molecule has 0 saturated carbocycles. The van der Waals surface area contributed by atoms with E-state index < -0.39 is 0 Å². The number of rotatable bonds is 5. The van der Waals surface area contributed by atoms with Crippen molar-refractivity contribution in [3.8, 4) is 0 Å². The van der Waals surface area contributed by atoms with E-state index >= 15 is 0 Å². The largest absolute Gasteiger partial charge is 0.385 e. The first-order valence-corrected chi connectivity index (χ1v) is 6.05. The van der Waals surface area contributed by atoms with Crippen molar-refractivity contribution < 1.29 is 4.74 Å². The van der Waals surface area contributed by atoms with Crippen molar-refractivity contribution in [2.75, 3.05) is 13.7 Å². The predicted octanol–water partition coefficient (Wildman–Crippen LogP) is 3.03. The van der Waals surface area contributed by atoms with Crippen molar-refractivity contribution in [3.05, 3.63) is 21.1 Å². The summed E-state index contributed by atoms with van der Waals surface area (Å²) in [5.41, 5.74) is 0.961. The SMILES string of the molecule is CCc1nc(CCCOC)nc(Cl)c1Br. The van der Waals surface area contributed by atoms with Crippen LogP contribution in [0.4, 0.5) is 0 Å². The fourth-order valence-corrected chi connectivity index (χ4v) is 1.90. The summed E-state index contributed by atoms with van der Waals surface area (Å²) in [5.74, 6) is 0.789. The van der Waals surface area contributed by atoms with Crippen LogP contribution in [0.25, 0.3) is 0 Å². The van der Waals surface area contributed by atoms with Crippen molar-refractivity contribution in [1.29, 1.82) is 0 Å². The van der Waals surface area contributed by atoms with Crippen LogP contribution >= 0.6 is 27.5 Å². The van der Waals surface area contributed by atoms with E-state index in [1.165, 1.54) is 0 Å². The second kappa shape index (κ2) is 6.40. The Bertz CT molecular complexity index is 333. The van der Waals surface area contributed by atoms with E-state index in [9.17, 15) is 0 Å². The number of nitrogens with zero attached hydrogens (tertiary/aromatic N) is 2.